The molecule has 0 saturated heterocycles. The highest BCUT2D eigenvalue weighted by Crippen LogP contribution is 2.43. The van der Waals surface area contributed by atoms with Crippen molar-refractivity contribution in [2.24, 2.45) is 5.73 Å². The van der Waals surface area contributed by atoms with Gasteiger partial charge in [-0.25, -0.2) is 4.57 Å². The SMILES string of the molecule is CCCCCC/C=C/CCCCCCCCOC[C@H](COP(=O)(O)OCCN)OC(=O)CCCCC/C=C/C=C\CCCCCCCC. The maximum atomic E-state index is 12.5. The van der Waals surface area contributed by atoms with Crippen molar-refractivity contribution < 1.29 is 32.8 Å². The summed E-state index contributed by atoms with van der Waals surface area (Å²) >= 11 is 0. The molecule has 0 aliphatic rings. The third-order valence-corrected chi connectivity index (χ3v) is 9.04. The molecule has 0 heterocycles. The minimum Gasteiger partial charge on any atom is -0.457 e. The summed E-state index contributed by atoms with van der Waals surface area (Å²) in [5, 5.41) is 0. The van der Waals surface area contributed by atoms with E-state index in [0.29, 0.717) is 6.61 Å². The van der Waals surface area contributed by atoms with Crippen molar-refractivity contribution in [2.45, 2.75) is 174 Å². The monoisotopic (exact) mass is 700 g/mol. The zero-order valence-electron chi connectivity index (χ0n) is 31.0. The summed E-state index contributed by atoms with van der Waals surface area (Å²) in [5.41, 5.74) is 5.35. The van der Waals surface area contributed by atoms with E-state index in [9.17, 15) is 14.3 Å². The molecule has 2 atom stereocenters. The molecule has 0 saturated carbocycles. The van der Waals surface area contributed by atoms with E-state index in [0.717, 1.165) is 44.9 Å². The summed E-state index contributed by atoms with van der Waals surface area (Å²) in [7, 11) is -4.28. The van der Waals surface area contributed by atoms with E-state index in [4.69, 9.17) is 24.3 Å². The Morgan fingerprint density at radius 1 is 0.625 bits per heavy atom. The van der Waals surface area contributed by atoms with Crippen LogP contribution in [0.5, 0.6) is 0 Å². The van der Waals surface area contributed by atoms with Crippen LogP contribution in [0, 0.1) is 0 Å². The Hall–Kier alpha value is -1.28. The molecule has 48 heavy (non-hydrogen) atoms. The van der Waals surface area contributed by atoms with Gasteiger partial charge in [0.1, 0.15) is 6.10 Å². The lowest BCUT2D eigenvalue weighted by Crippen LogP contribution is -2.28. The molecule has 8 nitrogen and oxygen atoms in total. The van der Waals surface area contributed by atoms with Gasteiger partial charge in [0.15, 0.2) is 0 Å². The van der Waals surface area contributed by atoms with Gasteiger partial charge in [-0.3, -0.25) is 13.8 Å². The highest BCUT2D eigenvalue weighted by atomic mass is 31.2. The molecule has 3 N–H and O–H groups in total. The molecule has 0 aromatic rings. The molecular formula is C39H74NO7P. The normalized spacial score (nSPS) is 14.0. The van der Waals surface area contributed by atoms with Crippen LogP contribution in [0.3, 0.4) is 0 Å². The van der Waals surface area contributed by atoms with Gasteiger partial charge in [-0.15, -0.1) is 0 Å². The first-order chi connectivity index (χ1) is 23.4. The van der Waals surface area contributed by atoms with E-state index in [2.05, 4.69) is 50.3 Å². The van der Waals surface area contributed by atoms with Crippen LogP contribution in [0.15, 0.2) is 36.5 Å². The third kappa shape index (κ3) is 36.0. The zero-order chi connectivity index (χ0) is 35.2. The fourth-order valence-corrected chi connectivity index (χ4v) is 5.92. The number of carbonyl (C=O) groups excluding carboxylic acids is 1. The minimum absolute atomic E-state index is 0.0947. The lowest BCUT2D eigenvalue weighted by Gasteiger charge is -2.20. The molecular weight excluding hydrogens is 625 g/mol. The van der Waals surface area contributed by atoms with Gasteiger partial charge >= 0.3 is 13.8 Å². The van der Waals surface area contributed by atoms with Gasteiger partial charge in [-0.2, -0.15) is 0 Å². The van der Waals surface area contributed by atoms with Gasteiger partial charge in [0.25, 0.3) is 0 Å². The molecule has 0 amide bonds. The number of esters is 1. The first-order valence-electron chi connectivity index (χ1n) is 19.5. The molecule has 0 aliphatic carbocycles. The quantitative estimate of drug-likeness (QED) is 0.0216. The van der Waals surface area contributed by atoms with E-state index in [1.807, 2.05) is 0 Å². The van der Waals surface area contributed by atoms with Gasteiger partial charge in [0, 0.05) is 19.6 Å². The van der Waals surface area contributed by atoms with Crippen molar-refractivity contribution >= 4 is 13.8 Å². The Kier molecular flexibility index (Phi) is 36.0. The molecule has 0 aromatic heterocycles. The maximum Gasteiger partial charge on any atom is 0.472 e. The van der Waals surface area contributed by atoms with Crippen molar-refractivity contribution in [3.8, 4) is 0 Å². The van der Waals surface area contributed by atoms with Crippen molar-refractivity contribution in [2.75, 3.05) is 33.0 Å². The molecule has 1 unspecified atom stereocenters. The number of hydrogen-bond acceptors (Lipinski definition) is 7. The van der Waals surface area contributed by atoms with E-state index >= 15 is 0 Å². The van der Waals surface area contributed by atoms with Crippen LogP contribution in [0.2, 0.25) is 0 Å². The third-order valence-electron chi connectivity index (χ3n) is 8.06. The van der Waals surface area contributed by atoms with Gasteiger partial charge < -0.3 is 20.1 Å². The Balaban J connectivity index is 4.15. The largest absolute Gasteiger partial charge is 0.472 e. The number of unbranched alkanes of at least 4 members (excludes halogenated alkanes) is 19. The molecule has 9 heteroatoms. The summed E-state index contributed by atoms with van der Waals surface area (Å²) in [5.74, 6) is -0.359. The summed E-state index contributed by atoms with van der Waals surface area (Å²) < 4.78 is 33.3. The smallest absolute Gasteiger partial charge is 0.457 e. The molecule has 0 aromatic carbocycles. The lowest BCUT2D eigenvalue weighted by molar-refractivity contribution is -0.154. The number of nitrogens with two attached hydrogens (primary N) is 1. The Morgan fingerprint density at radius 2 is 1.10 bits per heavy atom. The minimum atomic E-state index is -4.28. The summed E-state index contributed by atoms with van der Waals surface area (Å²) in [6.45, 7) is 4.84. The number of phosphoric ester groups is 1. The first-order valence-corrected chi connectivity index (χ1v) is 21.0. The van der Waals surface area contributed by atoms with Gasteiger partial charge in [0.05, 0.1) is 19.8 Å². The first kappa shape index (κ1) is 46.7. The average molecular weight is 700 g/mol. The fourth-order valence-electron chi connectivity index (χ4n) is 5.16. The fraction of sp³-hybridized carbons (Fsp3) is 0.821. The topological polar surface area (TPSA) is 117 Å². The van der Waals surface area contributed by atoms with E-state index in [-0.39, 0.29) is 38.8 Å². The van der Waals surface area contributed by atoms with Gasteiger partial charge in [-0.05, 0) is 64.2 Å². The van der Waals surface area contributed by atoms with E-state index in [1.165, 1.54) is 103 Å². The maximum absolute atomic E-state index is 12.5. The van der Waals surface area contributed by atoms with E-state index < -0.39 is 13.9 Å². The molecule has 0 bridgehead atoms. The second-order valence-corrected chi connectivity index (χ2v) is 14.3. The Morgan fingerprint density at radius 3 is 1.67 bits per heavy atom. The van der Waals surface area contributed by atoms with Crippen LogP contribution in [0.25, 0.3) is 0 Å². The predicted molar refractivity (Wildman–Crippen MR) is 201 cm³/mol. The Bertz CT molecular complexity index is 833. The second-order valence-electron chi connectivity index (χ2n) is 12.8. The van der Waals surface area contributed by atoms with Crippen molar-refractivity contribution in [3.63, 3.8) is 0 Å². The zero-order valence-corrected chi connectivity index (χ0v) is 31.9. The van der Waals surface area contributed by atoms with Gasteiger partial charge in [-0.1, -0.05) is 134 Å². The van der Waals surface area contributed by atoms with Crippen LogP contribution in [-0.2, 0) is 27.9 Å². The van der Waals surface area contributed by atoms with Crippen LogP contribution < -0.4 is 5.73 Å². The van der Waals surface area contributed by atoms with Crippen molar-refractivity contribution in [1.82, 2.24) is 0 Å². The molecule has 282 valence electrons. The summed E-state index contributed by atoms with van der Waals surface area (Å²) in [6, 6.07) is 0. The van der Waals surface area contributed by atoms with Crippen molar-refractivity contribution in [1.29, 1.82) is 0 Å². The van der Waals surface area contributed by atoms with E-state index in [1.54, 1.807) is 0 Å². The second kappa shape index (κ2) is 37.0. The highest BCUT2D eigenvalue weighted by Gasteiger charge is 2.25. The number of carbonyl (C=O) groups is 1. The lowest BCUT2D eigenvalue weighted by atomic mass is 10.1. The molecule has 0 fully saturated rings. The summed E-state index contributed by atoms with van der Waals surface area (Å²) in [4.78, 5) is 22.4. The van der Waals surface area contributed by atoms with Crippen molar-refractivity contribution in [3.05, 3.63) is 36.5 Å². The molecule has 0 spiro atoms. The average Bonchev–Trinajstić information content (AvgIpc) is 3.07. The number of hydrogen-bond donors (Lipinski definition) is 2. The standard InChI is InChI=1S/C39H74NO7P/c1-3-5-7-9-11-13-15-17-19-20-22-24-26-28-30-32-39(41)47-38(37-46-48(42,43)45-35-33-40)36-44-34-31-29-27-25-23-21-18-16-14-12-10-8-6-4-2/h14,16-17,19-20,22,38H,3-13,15,18,21,23-37,40H2,1-2H3,(H,42,43)/b16-14+,19-17-,22-20+/t38-/m1/s1. The number of ether oxygens (including phenoxy) is 2. The Labute approximate surface area is 295 Å². The van der Waals surface area contributed by atoms with Crippen LogP contribution in [-0.4, -0.2) is 49.9 Å². The number of phosphoric acid groups is 1. The molecule has 0 aliphatic heterocycles. The summed E-state index contributed by atoms with van der Waals surface area (Å²) in [6.07, 6.45) is 40.1. The van der Waals surface area contributed by atoms with Crippen LogP contribution in [0.4, 0.5) is 0 Å². The number of allylic oxidation sites excluding steroid dienone is 6. The molecule has 0 radical (unpaired) electrons. The molecule has 0 rings (SSSR count). The van der Waals surface area contributed by atoms with Crippen LogP contribution in [0.1, 0.15) is 168 Å². The predicted octanol–water partition coefficient (Wildman–Crippen LogP) is 11.1. The van der Waals surface area contributed by atoms with Gasteiger partial charge in [0.2, 0.25) is 0 Å². The highest BCUT2D eigenvalue weighted by molar-refractivity contribution is 7.47. The number of rotatable bonds is 37. The van der Waals surface area contributed by atoms with Crippen LogP contribution >= 0.6 is 7.82 Å².